The summed E-state index contributed by atoms with van der Waals surface area (Å²) in [6, 6.07) is 1.89. The highest BCUT2D eigenvalue weighted by molar-refractivity contribution is 7.87. The lowest BCUT2D eigenvalue weighted by molar-refractivity contribution is 0.341. The molecule has 1 aromatic heterocycles. The number of nitrogens with two attached hydrogens (primary N) is 1. The number of hydrogen-bond acceptors (Lipinski definition) is 4. The Labute approximate surface area is 124 Å². The van der Waals surface area contributed by atoms with E-state index in [-0.39, 0.29) is 6.54 Å². The number of nitrogens with zero attached hydrogens (tertiary/aromatic N) is 1. The van der Waals surface area contributed by atoms with Gasteiger partial charge in [0.2, 0.25) is 0 Å². The van der Waals surface area contributed by atoms with Crippen molar-refractivity contribution in [2.45, 2.75) is 25.8 Å². The van der Waals surface area contributed by atoms with Crippen LogP contribution in [-0.2, 0) is 16.8 Å². The third-order valence-corrected chi connectivity index (χ3v) is 5.62. The maximum Gasteiger partial charge on any atom is 0.279 e. The summed E-state index contributed by atoms with van der Waals surface area (Å²) in [6.45, 7) is 1.80. The molecular weight excluding hydrogens is 294 g/mol. The van der Waals surface area contributed by atoms with Crippen molar-refractivity contribution in [2.75, 3.05) is 19.6 Å². The Balaban J connectivity index is 1.99. The van der Waals surface area contributed by atoms with E-state index >= 15 is 0 Å². The zero-order valence-electron chi connectivity index (χ0n) is 11.3. The molecule has 20 heavy (non-hydrogen) atoms. The fourth-order valence-electron chi connectivity index (χ4n) is 2.09. The summed E-state index contributed by atoms with van der Waals surface area (Å²) in [5, 5.41) is 1.91. The summed E-state index contributed by atoms with van der Waals surface area (Å²) in [6.07, 6.45) is 2.98. The number of thiophene rings is 1. The second-order valence-corrected chi connectivity index (χ2v) is 7.31. The van der Waals surface area contributed by atoms with Gasteiger partial charge < -0.3 is 5.73 Å². The molecule has 1 aliphatic rings. The Kier molecular flexibility index (Phi) is 5.57. The first-order chi connectivity index (χ1) is 9.63. The van der Waals surface area contributed by atoms with E-state index in [0.717, 1.165) is 29.7 Å². The summed E-state index contributed by atoms with van der Waals surface area (Å²) in [5.41, 5.74) is 6.20. The molecule has 0 atom stereocenters. The quantitative estimate of drug-likeness (QED) is 0.810. The normalized spacial score (nSPS) is 16.6. The van der Waals surface area contributed by atoms with Crippen LogP contribution in [0.3, 0.4) is 0 Å². The number of piperidine rings is 1. The molecule has 0 spiro atoms. The average molecular weight is 313 g/mol. The average Bonchev–Trinajstić information content (AvgIpc) is 2.91. The van der Waals surface area contributed by atoms with Gasteiger partial charge in [-0.1, -0.05) is 18.3 Å². The fourth-order valence-corrected chi connectivity index (χ4v) is 4.20. The third-order valence-electron chi connectivity index (χ3n) is 3.14. The predicted molar refractivity (Wildman–Crippen MR) is 81.4 cm³/mol. The molecule has 0 amide bonds. The van der Waals surface area contributed by atoms with Gasteiger partial charge >= 0.3 is 0 Å². The van der Waals surface area contributed by atoms with Crippen molar-refractivity contribution in [3.8, 4) is 11.8 Å². The fraction of sp³-hybridized carbons (Fsp3) is 0.538. The Morgan fingerprint density at radius 3 is 2.80 bits per heavy atom. The highest BCUT2D eigenvalue weighted by Gasteiger charge is 2.23. The van der Waals surface area contributed by atoms with Crippen molar-refractivity contribution in [3.05, 3.63) is 21.9 Å². The van der Waals surface area contributed by atoms with Crippen LogP contribution in [0.5, 0.6) is 0 Å². The van der Waals surface area contributed by atoms with E-state index < -0.39 is 10.2 Å². The molecule has 1 saturated heterocycles. The molecule has 0 aliphatic carbocycles. The maximum atomic E-state index is 12.2. The summed E-state index contributed by atoms with van der Waals surface area (Å²) in [4.78, 5) is 0.923. The second-order valence-electron chi connectivity index (χ2n) is 4.55. The van der Waals surface area contributed by atoms with Crippen LogP contribution in [0.1, 0.15) is 29.7 Å². The number of nitrogens with one attached hydrogen (secondary N) is 1. The maximum absolute atomic E-state index is 12.2. The largest absolute Gasteiger partial charge is 0.320 e. The minimum Gasteiger partial charge on any atom is -0.320 e. The van der Waals surface area contributed by atoms with Gasteiger partial charge in [0.25, 0.3) is 10.2 Å². The molecule has 5 nitrogen and oxygen atoms in total. The lowest BCUT2D eigenvalue weighted by atomic mass is 10.2. The van der Waals surface area contributed by atoms with Crippen LogP contribution in [-0.4, -0.2) is 32.4 Å². The van der Waals surface area contributed by atoms with E-state index in [4.69, 9.17) is 5.73 Å². The SMILES string of the molecule is NCC#Cc1ccsc1CNS(=O)(=O)N1CCCCC1. The Morgan fingerprint density at radius 2 is 2.10 bits per heavy atom. The Hall–Kier alpha value is -0.910. The first kappa shape index (κ1) is 15.5. The van der Waals surface area contributed by atoms with Crippen LogP contribution in [0.2, 0.25) is 0 Å². The topological polar surface area (TPSA) is 75.4 Å². The van der Waals surface area contributed by atoms with Crippen LogP contribution in [0.15, 0.2) is 11.4 Å². The van der Waals surface area contributed by atoms with Crippen molar-refractivity contribution in [1.29, 1.82) is 0 Å². The van der Waals surface area contributed by atoms with Gasteiger partial charge in [0, 0.05) is 30.1 Å². The molecule has 7 heteroatoms. The van der Waals surface area contributed by atoms with Crippen LogP contribution >= 0.6 is 11.3 Å². The first-order valence-electron chi connectivity index (χ1n) is 6.63. The van der Waals surface area contributed by atoms with E-state index in [0.29, 0.717) is 19.6 Å². The van der Waals surface area contributed by atoms with E-state index in [1.807, 2.05) is 11.4 Å². The minimum absolute atomic E-state index is 0.283. The molecule has 0 radical (unpaired) electrons. The van der Waals surface area contributed by atoms with Crippen molar-refractivity contribution in [3.63, 3.8) is 0 Å². The molecule has 0 bridgehead atoms. The lowest BCUT2D eigenvalue weighted by Gasteiger charge is -2.25. The number of hydrogen-bond donors (Lipinski definition) is 2. The van der Waals surface area contributed by atoms with Gasteiger partial charge in [-0.3, -0.25) is 0 Å². The second kappa shape index (κ2) is 7.20. The molecule has 1 aliphatic heterocycles. The smallest absolute Gasteiger partial charge is 0.279 e. The molecule has 1 aromatic rings. The molecule has 1 fully saturated rings. The van der Waals surface area contributed by atoms with Gasteiger partial charge in [0.1, 0.15) is 0 Å². The predicted octanol–water partition coefficient (Wildman–Crippen LogP) is 0.879. The molecule has 2 heterocycles. The van der Waals surface area contributed by atoms with E-state index in [1.165, 1.54) is 15.6 Å². The van der Waals surface area contributed by atoms with Crippen LogP contribution in [0, 0.1) is 11.8 Å². The molecule has 110 valence electrons. The summed E-state index contributed by atoms with van der Waals surface area (Å²) >= 11 is 1.50. The van der Waals surface area contributed by atoms with E-state index in [2.05, 4.69) is 16.6 Å². The van der Waals surface area contributed by atoms with E-state index in [9.17, 15) is 8.42 Å². The summed E-state index contributed by atoms with van der Waals surface area (Å²) in [5.74, 6) is 5.74. The van der Waals surface area contributed by atoms with Crippen molar-refractivity contribution >= 4 is 21.5 Å². The molecule has 2 rings (SSSR count). The van der Waals surface area contributed by atoms with Crippen LogP contribution in [0.4, 0.5) is 0 Å². The zero-order valence-corrected chi connectivity index (χ0v) is 12.9. The van der Waals surface area contributed by atoms with Gasteiger partial charge in [-0.25, -0.2) is 0 Å². The molecule has 0 saturated carbocycles. The standard InChI is InChI=1S/C13H19N3O2S2/c14-7-4-5-12-6-10-19-13(12)11-15-20(17,18)16-8-2-1-3-9-16/h6,10,15H,1-3,7-9,11,14H2. The third kappa shape index (κ3) is 4.04. The minimum atomic E-state index is -3.38. The van der Waals surface area contributed by atoms with Crippen molar-refractivity contribution in [1.82, 2.24) is 9.03 Å². The van der Waals surface area contributed by atoms with Gasteiger partial charge in [-0.2, -0.15) is 17.4 Å². The van der Waals surface area contributed by atoms with Gasteiger partial charge in [-0.05, 0) is 24.3 Å². The lowest BCUT2D eigenvalue weighted by Crippen LogP contribution is -2.43. The summed E-state index contributed by atoms with van der Waals surface area (Å²) < 4.78 is 28.5. The van der Waals surface area contributed by atoms with Crippen molar-refractivity contribution < 1.29 is 8.42 Å². The molecule has 3 N–H and O–H groups in total. The van der Waals surface area contributed by atoms with Crippen LogP contribution < -0.4 is 10.5 Å². The molecular formula is C13H19N3O2S2. The van der Waals surface area contributed by atoms with Gasteiger partial charge in [-0.15, -0.1) is 11.3 Å². The first-order valence-corrected chi connectivity index (χ1v) is 8.95. The highest BCUT2D eigenvalue weighted by atomic mass is 32.2. The summed E-state index contributed by atoms with van der Waals surface area (Å²) in [7, 11) is -3.38. The van der Waals surface area contributed by atoms with Crippen molar-refractivity contribution in [2.24, 2.45) is 5.73 Å². The van der Waals surface area contributed by atoms with Crippen LogP contribution in [0.25, 0.3) is 0 Å². The van der Waals surface area contributed by atoms with Gasteiger partial charge in [0.05, 0.1) is 6.54 Å². The number of rotatable bonds is 4. The molecule has 0 unspecified atom stereocenters. The monoisotopic (exact) mass is 313 g/mol. The Bertz CT molecular complexity index is 593. The van der Waals surface area contributed by atoms with E-state index in [1.54, 1.807) is 0 Å². The molecule has 0 aromatic carbocycles. The Morgan fingerprint density at radius 1 is 1.35 bits per heavy atom. The van der Waals surface area contributed by atoms with Gasteiger partial charge in [0.15, 0.2) is 0 Å². The zero-order chi connectivity index (χ0) is 14.4. The highest BCUT2D eigenvalue weighted by Crippen LogP contribution is 2.17.